The van der Waals surface area contributed by atoms with Crippen molar-refractivity contribution in [2.24, 2.45) is 0 Å². The van der Waals surface area contributed by atoms with Crippen molar-refractivity contribution in [3.8, 4) is 5.75 Å². The molecular weight excluding hydrogens is 224 g/mol. The van der Waals surface area contributed by atoms with Crippen LogP contribution in [-0.2, 0) is 0 Å². The molecule has 2 heteroatoms. The lowest BCUT2D eigenvalue weighted by atomic mass is 9.88. The summed E-state index contributed by atoms with van der Waals surface area (Å²) >= 11 is 0. The van der Waals surface area contributed by atoms with Crippen molar-refractivity contribution in [2.45, 2.75) is 58.0 Å². The number of benzene rings is 1. The van der Waals surface area contributed by atoms with Crippen LogP contribution in [0.5, 0.6) is 5.75 Å². The van der Waals surface area contributed by atoms with Gasteiger partial charge in [0, 0.05) is 0 Å². The Morgan fingerprint density at radius 1 is 1.17 bits per heavy atom. The number of hydrogen-bond donors (Lipinski definition) is 1. The first-order valence-corrected chi connectivity index (χ1v) is 6.95. The Balaban J connectivity index is 2.34. The summed E-state index contributed by atoms with van der Waals surface area (Å²) < 4.78 is 5.60. The third kappa shape index (κ3) is 2.69. The Morgan fingerprint density at radius 2 is 1.89 bits per heavy atom. The Labute approximate surface area is 110 Å². The van der Waals surface area contributed by atoms with Gasteiger partial charge in [0.25, 0.3) is 0 Å². The van der Waals surface area contributed by atoms with E-state index in [2.05, 4.69) is 26.0 Å². The average Bonchev–Trinajstić information content (AvgIpc) is 2.57. The van der Waals surface area contributed by atoms with Crippen molar-refractivity contribution in [1.29, 1.82) is 0 Å². The highest BCUT2D eigenvalue weighted by atomic mass is 16.5. The van der Waals surface area contributed by atoms with Crippen LogP contribution in [0.1, 0.15) is 54.7 Å². The minimum Gasteiger partial charge on any atom is -0.496 e. The normalized spacial score (nSPS) is 24.7. The molecule has 2 nitrogen and oxygen atoms in total. The van der Waals surface area contributed by atoms with Crippen LogP contribution in [0.3, 0.4) is 0 Å². The number of aliphatic hydroxyl groups is 1. The van der Waals surface area contributed by atoms with Crippen molar-refractivity contribution in [2.75, 3.05) is 7.11 Å². The molecular formula is C16H24O2. The van der Waals surface area contributed by atoms with E-state index in [-0.39, 0.29) is 6.10 Å². The van der Waals surface area contributed by atoms with Crippen molar-refractivity contribution in [3.63, 3.8) is 0 Å². The summed E-state index contributed by atoms with van der Waals surface area (Å²) in [5, 5.41) is 9.97. The van der Waals surface area contributed by atoms with Crippen LogP contribution in [0.2, 0.25) is 0 Å². The van der Waals surface area contributed by atoms with Crippen molar-refractivity contribution >= 4 is 0 Å². The summed E-state index contributed by atoms with van der Waals surface area (Å²) in [7, 11) is 1.75. The number of aliphatic hydroxyl groups excluding tert-OH is 1. The zero-order valence-corrected chi connectivity index (χ0v) is 11.7. The van der Waals surface area contributed by atoms with E-state index < -0.39 is 0 Å². The van der Waals surface area contributed by atoms with Gasteiger partial charge in [0.15, 0.2) is 0 Å². The fourth-order valence-corrected chi connectivity index (χ4v) is 3.02. The molecule has 1 saturated carbocycles. The largest absolute Gasteiger partial charge is 0.496 e. The molecule has 1 fully saturated rings. The van der Waals surface area contributed by atoms with Gasteiger partial charge < -0.3 is 9.84 Å². The van der Waals surface area contributed by atoms with Crippen molar-refractivity contribution in [3.05, 3.63) is 28.8 Å². The summed E-state index contributed by atoms with van der Waals surface area (Å²) in [6, 6.07) is 4.36. The lowest BCUT2D eigenvalue weighted by molar-refractivity contribution is 0.151. The van der Waals surface area contributed by atoms with Gasteiger partial charge in [0.2, 0.25) is 0 Å². The second kappa shape index (κ2) is 5.75. The summed E-state index contributed by atoms with van der Waals surface area (Å²) in [5.74, 6) is 1.46. The number of rotatable bonds is 2. The first-order chi connectivity index (χ1) is 8.63. The molecule has 2 unspecified atom stereocenters. The highest BCUT2D eigenvalue weighted by molar-refractivity contribution is 5.47. The number of aryl methyl sites for hydroxylation is 1. The fourth-order valence-electron chi connectivity index (χ4n) is 3.02. The smallest absolute Gasteiger partial charge is 0.125 e. The van der Waals surface area contributed by atoms with Gasteiger partial charge in [-0.15, -0.1) is 0 Å². The Morgan fingerprint density at radius 3 is 2.61 bits per heavy atom. The third-order valence-corrected chi connectivity index (χ3v) is 4.25. The van der Waals surface area contributed by atoms with E-state index in [0.717, 1.165) is 31.4 Å². The number of methoxy groups -OCH3 is 1. The van der Waals surface area contributed by atoms with E-state index in [1.165, 1.54) is 23.1 Å². The molecule has 1 aliphatic rings. The summed E-state index contributed by atoms with van der Waals surface area (Å²) in [5.41, 5.74) is 3.78. The lowest BCUT2D eigenvalue weighted by Crippen LogP contribution is -2.10. The Bertz CT molecular complexity index is 412. The summed E-state index contributed by atoms with van der Waals surface area (Å²) in [6.07, 6.45) is 5.19. The monoisotopic (exact) mass is 248 g/mol. The minimum atomic E-state index is -0.149. The topological polar surface area (TPSA) is 29.5 Å². The molecule has 0 spiro atoms. The Hall–Kier alpha value is -1.02. The second-order valence-electron chi connectivity index (χ2n) is 5.50. The first-order valence-electron chi connectivity index (χ1n) is 6.95. The zero-order valence-electron chi connectivity index (χ0n) is 11.7. The molecule has 100 valence electrons. The quantitative estimate of drug-likeness (QED) is 0.808. The van der Waals surface area contributed by atoms with Gasteiger partial charge in [-0.3, -0.25) is 0 Å². The molecule has 18 heavy (non-hydrogen) atoms. The van der Waals surface area contributed by atoms with Crippen LogP contribution in [0, 0.1) is 13.8 Å². The molecule has 0 saturated heterocycles. The molecule has 1 aliphatic carbocycles. The van der Waals surface area contributed by atoms with Crippen LogP contribution in [0.4, 0.5) is 0 Å². The predicted octanol–water partition coefficient (Wildman–Crippen LogP) is 3.72. The molecule has 1 N–H and O–H groups in total. The van der Waals surface area contributed by atoms with Gasteiger partial charge in [-0.2, -0.15) is 0 Å². The second-order valence-corrected chi connectivity index (χ2v) is 5.50. The fraction of sp³-hybridized carbons (Fsp3) is 0.625. The van der Waals surface area contributed by atoms with Gasteiger partial charge in [0.05, 0.1) is 13.2 Å². The van der Waals surface area contributed by atoms with E-state index in [9.17, 15) is 5.11 Å². The summed E-state index contributed by atoms with van der Waals surface area (Å²) in [6.45, 7) is 4.23. The van der Waals surface area contributed by atoms with Crippen LogP contribution in [0.25, 0.3) is 0 Å². The molecule has 0 amide bonds. The molecule has 0 bridgehead atoms. The lowest BCUT2D eigenvalue weighted by Gasteiger charge is -2.21. The first kappa shape index (κ1) is 13.4. The maximum atomic E-state index is 9.97. The van der Waals surface area contributed by atoms with Gasteiger partial charge in [-0.05, 0) is 55.7 Å². The minimum absolute atomic E-state index is 0.149. The third-order valence-electron chi connectivity index (χ3n) is 4.25. The molecule has 2 rings (SSSR count). The van der Waals surface area contributed by atoms with Crippen LogP contribution in [-0.4, -0.2) is 18.3 Å². The standard InChI is InChI=1S/C16H24O2/c1-11-8-9-15(16(18-3)12(11)2)13-6-4-5-7-14(17)10-13/h8-9,13-14,17H,4-7,10H2,1-3H3. The highest BCUT2D eigenvalue weighted by Crippen LogP contribution is 2.38. The van der Waals surface area contributed by atoms with E-state index in [0.29, 0.717) is 5.92 Å². The van der Waals surface area contributed by atoms with Crippen LogP contribution in [0.15, 0.2) is 12.1 Å². The molecule has 0 heterocycles. The van der Waals surface area contributed by atoms with Crippen molar-refractivity contribution in [1.82, 2.24) is 0 Å². The maximum Gasteiger partial charge on any atom is 0.125 e. The average molecular weight is 248 g/mol. The van der Waals surface area contributed by atoms with E-state index in [1.807, 2.05) is 0 Å². The molecule has 1 aromatic rings. The van der Waals surface area contributed by atoms with Crippen LogP contribution >= 0.6 is 0 Å². The molecule has 0 radical (unpaired) electrons. The number of ether oxygens (including phenoxy) is 1. The van der Waals surface area contributed by atoms with Gasteiger partial charge in [-0.1, -0.05) is 25.0 Å². The molecule has 1 aromatic carbocycles. The zero-order chi connectivity index (χ0) is 13.1. The van der Waals surface area contributed by atoms with Crippen LogP contribution < -0.4 is 4.74 Å². The molecule has 0 aliphatic heterocycles. The van der Waals surface area contributed by atoms with Gasteiger partial charge in [-0.25, -0.2) is 0 Å². The Kier molecular flexibility index (Phi) is 4.28. The molecule has 2 atom stereocenters. The SMILES string of the molecule is COc1c(C2CCCCC(O)C2)ccc(C)c1C. The van der Waals surface area contributed by atoms with Crippen molar-refractivity contribution < 1.29 is 9.84 Å². The summed E-state index contributed by atoms with van der Waals surface area (Å²) in [4.78, 5) is 0. The maximum absolute atomic E-state index is 9.97. The van der Waals surface area contributed by atoms with Gasteiger partial charge >= 0.3 is 0 Å². The highest BCUT2D eigenvalue weighted by Gasteiger charge is 2.23. The van der Waals surface area contributed by atoms with E-state index in [4.69, 9.17) is 4.74 Å². The van der Waals surface area contributed by atoms with E-state index in [1.54, 1.807) is 7.11 Å². The van der Waals surface area contributed by atoms with E-state index >= 15 is 0 Å². The predicted molar refractivity (Wildman–Crippen MR) is 74.3 cm³/mol. The molecule has 0 aromatic heterocycles. The van der Waals surface area contributed by atoms with Gasteiger partial charge in [0.1, 0.15) is 5.75 Å². The number of hydrogen-bond acceptors (Lipinski definition) is 2.